The van der Waals surface area contributed by atoms with Gasteiger partial charge in [-0.05, 0) is 47.0 Å². The highest BCUT2D eigenvalue weighted by Gasteiger charge is 2.27. The number of imide groups is 1. The van der Waals surface area contributed by atoms with E-state index in [1.807, 2.05) is 19.1 Å². The third kappa shape index (κ3) is 5.56. The molecular weight excluding hydrogens is 394 g/mol. The zero-order chi connectivity index (χ0) is 18.4. The van der Waals surface area contributed by atoms with E-state index in [0.717, 1.165) is 14.9 Å². The number of amides is 4. The molecule has 1 aromatic carbocycles. The molecule has 1 saturated heterocycles. The summed E-state index contributed by atoms with van der Waals surface area (Å²) in [6, 6.07) is 5.00. The molecule has 0 aliphatic carbocycles. The van der Waals surface area contributed by atoms with Crippen molar-refractivity contribution in [3.8, 4) is 0 Å². The third-order valence-electron chi connectivity index (χ3n) is 3.46. The quantitative estimate of drug-likeness (QED) is 0.523. The molecule has 0 radical (unpaired) electrons. The van der Waals surface area contributed by atoms with Crippen molar-refractivity contribution in [2.45, 2.75) is 19.8 Å². The largest absolute Gasteiger partial charge is 0.456 e. The summed E-state index contributed by atoms with van der Waals surface area (Å²) in [6.45, 7) is 1.65. The molecule has 0 spiro atoms. The van der Waals surface area contributed by atoms with Crippen LogP contribution in [0.25, 0.3) is 0 Å². The van der Waals surface area contributed by atoms with E-state index in [1.165, 1.54) is 0 Å². The van der Waals surface area contributed by atoms with E-state index in [1.54, 1.807) is 6.07 Å². The number of benzene rings is 1. The number of halogens is 1. The van der Waals surface area contributed by atoms with Crippen LogP contribution < -0.4 is 10.6 Å². The van der Waals surface area contributed by atoms with Gasteiger partial charge in [-0.2, -0.15) is 0 Å². The van der Waals surface area contributed by atoms with Crippen LogP contribution in [0.4, 0.5) is 10.5 Å². The van der Waals surface area contributed by atoms with Crippen molar-refractivity contribution in [3.63, 3.8) is 0 Å². The van der Waals surface area contributed by atoms with Crippen LogP contribution >= 0.6 is 15.9 Å². The fraction of sp³-hybridized carbons (Fsp3) is 0.375. The Morgan fingerprint density at radius 2 is 2.12 bits per heavy atom. The summed E-state index contributed by atoms with van der Waals surface area (Å²) in [5, 5.41) is 5.03. The number of urea groups is 1. The van der Waals surface area contributed by atoms with Gasteiger partial charge in [0, 0.05) is 17.4 Å². The smallest absolute Gasteiger partial charge is 0.324 e. The molecule has 1 heterocycles. The first-order valence-corrected chi connectivity index (χ1v) is 8.46. The van der Waals surface area contributed by atoms with Crippen molar-refractivity contribution < 1.29 is 23.9 Å². The summed E-state index contributed by atoms with van der Waals surface area (Å²) in [5.74, 6) is -1.33. The van der Waals surface area contributed by atoms with Crippen LogP contribution in [0.2, 0.25) is 0 Å². The molecule has 4 amide bonds. The number of hydrogen-bond acceptors (Lipinski definition) is 5. The summed E-state index contributed by atoms with van der Waals surface area (Å²) >= 11 is 3.34. The number of hydrogen-bond donors (Lipinski definition) is 2. The lowest BCUT2D eigenvalue weighted by Gasteiger charge is -2.12. The van der Waals surface area contributed by atoms with E-state index in [-0.39, 0.29) is 31.8 Å². The fourth-order valence-electron chi connectivity index (χ4n) is 2.19. The van der Waals surface area contributed by atoms with Crippen molar-refractivity contribution >= 4 is 45.4 Å². The van der Waals surface area contributed by atoms with Crippen molar-refractivity contribution in [2.24, 2.45) is 0 Å². The maximum Gasteiger partial charge on any atom is 0.324 e. The Morgan fingerprint density at radius 3 is 2.76 bits per heavy atom. The summed E-state index contributed by atoms with van der Waals surface area (Å²) in [5.41, 5.74) is 1.63. The lowest BCUT2D eigenvalue weighted by molar-refractivity contribution is -0.147. The minimum atomic E-state index is -0.565. The molecule has 8 nitrogen and oxygen atoms in total. The average Bonchev–Trinajstić information content (AvgIpc) is 2.87. The van der Waals surface area contributed by atoms with Gasteiger partial charge in [-0.1, -0.05) is 6.07 Å². The van der Waals surface area contributed by atoms with Crippen molar-refractivity contribution in [2.75, 3.05) is 25.0 Å². The van der Waals surface area contributed by atoms with E-state index in [4.69, 9.17) is 4.74 Å². The van der Waals surface area contributed by atoms with Gasteiger partial charge in [0.15, 0.2) is 6.61 Å². The standard InChI is InChI=1S/C16H18BrN3O5/c1-10-4-5-12(11(17)7-10)19-13(21)9-25-15(23)3-2-6-20-14(22)8-18-16(20)24/h4-5,7H,2-3,6,8-9H2,1H3,(H,18,24)(H,19,21). The number of rotatable bonds is 7. The Labute approximate surface area is 153 Å². The van der Waals surface area contributed by atoms with Crippen LogP contribution in [0.15, 0.2) is 22.7 Å². The van der Waals surface area contributed by atoms with Crippen molar-refractivity contribution in [1.82, 2.24) is 10.2 Å². The van der Waals surface area contributed by atoms with E-state index in [0.29, 0.717) is 5.69 Å². The van der Waals surface area contributed by atoms with E-state index in [9.17, 15) is 19.2 Å². The second-order valence-electron chi connectivity index (χ2n) is 5.50. The number of nitrogens with one attached hydrogen (secondary N) is 2. The van der Waals surface area contributed by atoms with E-state index in [2.05, 4.69) is 26.6 Å². The van der Waals surface area contributed by atoms with Crippen LogP contribution in [-0.2, 0) is 19.1 Å². The highest BCUT2D eigenvalue weighted by Crippen LogP contribution is 2.23. The second-order valence-corrected chi connectivity index (χ2v) is 6.35. The van der Waals surface area contributed by atoms with Gasteiger partial charge in [-0.25, -0.2) is 4.79 Å². The van der Waals surface area contributed by atoms with Gasteiger partial charge in [-0.15, -0.1) is 0 Å². The van der Waals surface area contributed by atoms with Crippen LogP contribution in [0, 0.1) is 6.92 Å². The first-order valence-electron chi connectivity index (χ1n) is 7.66. The first kappa shape index (κ1) is 18.9. The zero-order valence-electron chi connectivity index (χ0n) is 13.6. The van der Waals surface area contributed by atoms with E-state index >= 15 is 0 Å². The minimum absolute atomic E-state index is 0.0125. The molecule has 0 unspecified atom stereocenters. The Balaban J connectivity index is 1.68. The summed E-state index contributed by atoms with van der Waals surface area (Å²) in [4.78, 5) is 47.2. The lowest BCUT2D eigenvalue weighted by atomic mass is 10.2. The van der Waals surface area contributed by atoms with Crippen LogP contribution in [0.3, 0.4) is 0 Å². The fourth-order valence-corrected chi connectivity index (χ4v) is 2.78. The van der Waals surface area contributed by atoms with Gasteiger partial charge in [0.2, 0.25) is 5.91 Å². The van der Waals surface area contributed by atoms with Gasteiger partial charge < -0.3 is 15.4 Å². The summed E-state index contributed by atoms with van der Waals surface area (Å²) < 4.78 is 5.62. The number of anilines is 1. The second kappa shape index (κ2) is 8.61. The maximum atomic E-state index is 11.8. The van der Waals surface area contributed by atoms with Crippen LogP contribution in [0.1, 0.15) is 18.4 Å². The van der Waals surface area contributed by atoms with Gasteiger partial charge in [0.05, 0.1) is 12.2 Å². The number of esters is 1. The van der Waals surface area contributed by atoms with Crippen molar-refractivity contribution in [1.29, 1.82) is 0 Å². The topological polar surface area (TPSA) is 105 Å². The van der Waals surface area contributed by atoms with E-state index < -0.39 is 24.5 Å². The molecule has 2 rings (SSSR count). The zero-order valence-corrected chi connectivity index (χ0v) is 15.2. The Hall–Kier alpha value is -2.42. The van der Waals surface area contributed by atoms with Gasteiger partial charge in [0.25, 0.3) is 5.91 Å². The monoisotopic (exact) mass is 411 g/mol. The average molecular weight is 412 g/mol. The van der Waals surface area contributed by atoms with Gasteiger partial charge in [0.1, 0.15) is 0 Å². The van der Waals surface area contributed by atoms with Crippen LogP contribution in [0.5, 0.6) is 0 Å². The van der Waals surface area contributed by atoms with Crippen molar-refractivity contribution in [3.05, 3.63) is 28.2 Å². The molecule has 1 aliphatic rings. The number of carbonyl (C=O) groups excluding carboxylic acids is 4. The Bertz CT molecular complexity index is 691. The summed E-state index contributed by atoms with van der Waals surface area (Å²) in [6.07, 6.45) is 0.293. The number of ether oxygens (including phenoxy) is 1. The van der Waals surface area contributed by atoms with Gasteiger partial charge >= 0.3 is 12.0 Å². The highest BCUT2D eigenvalue weighted by molar-refractivity contribution is 9.10. The molecule has 1 aromatic rings. The number of nitrogens with zero attached hydrogens (tertiary/aromatic N) is 1. The third-order valence-corrected chi connectivity index (χ3v) is 4.12. The minimum Gasteiger partial charge on any atom is -0.456 e. The molecular formula is C16H18BrN3O5. The first-order chi connectivity index (χ1) is 11.9. The summed E-state index contributed by atoms with van der Waals surface area (Å²) in [7, 11) is 0. The number of carbonyl (C=O) groups is 4. The highest BCUT2D eigenvalue weighted by atomic mass is 79.9. The molecule has 2 N–H and O–H groups in total. The predicted octanol–water partition coefficient (Wildman–Crippen LogP) is 1.57. The van der Waals surface area contributed by atoms with Gasteiger partial charge in [-0.3, -0.25) is 19.3 Å². The Kier molecular flexibility index (Phi) is 6.51. The molecule has 0 saturated carbocycles. The molecule has 25 heavy (non-hydrogen) atoms. The molecule has 1 fully saturated rings. The molecule has 134 valence electrons. The lowest BCUT2D eigenvalue weighted by Crippen LogP contribution is -2.32. The normalized spacial score (nSPS) is 13.6. The molecule has 9 heteroatoms. The molecule has 1 aliphatic heterocycles. The molecule has 0 bridgehead atoms. The molecule has 0 atom stereocenters. The Morgan fingerprint density at radius 1 is 1.36 bits per heavy atom. The number of aryl methyl sites for hydroxylation is 1. The predicted molar refractivity (Wildman–Crippen MR) is 92.8 cm³/mol. The SMILES string of the molecule is Cc1ccc(NC(=O)COC(=O)CCCN2C(=O)CNC2=O)c(Br)c1. The molecule has 0 aromatic heterocycles. The maximum absolute atomic E-state index is 11.8. The van der Waals surface area contributed by atoms with Crippen LogP contribution in [-0.4, -0.2) is 48.4 Å².